The van der Waals surface area contributed by atoms with Gasteiger partial charge in [-0.2, -0.15) is 13.9 Å². The number of halogens is 2. The molecule has 1 aliphatic heterocycles. The molecule has 206 valence electrons. The lowest BCUT2D eigenvalue weighted by molar-refractivity contribution is -0.0770. The van der Waals surface area contributed by atoms with E-state index < -0.39 is 42.6 Å². The van der Waals surface area contributed by atoms with Gasteiger partial charge in [0.1, 0.15) is 11.6 Å². The van der Waals surface area contributed by atoms with Crippen molar-refractivity contribution in [3.8, 4) is 16.9 Å². The second-order valence-electron chi connectivity index (χ2n) is 11.3. The van der Waals surface area contributed by atoms with Crippen LogP contribution >= 0.6 is 0 Å². The van der Waals surface area contributed by atoms with Gasteiger partial charge in [-0.1, -0.05) is 6.07 Å². The summed E-state index contributed by atoms with van der Waals surface area (Å²) in [5.74, 6) is -1.14. The number of carbonyl (C=O) groups is 1. The van der Waals surface area contributed by atoms with Crippen LogP contribution in [-0.2, 0) is 5.54 Å². The average molecular weight is 550 g/mol. The largest absolute Gasteiger partial charge is 0.434 e. The van der Waals surface area contributed by atoms with Crippen molar-refractivity contribution in [2.45, 2.75) is 62.8 Å². The van der Waals surface area contributed by atoms with Crippen molar-refractivity contribution in [2.75, 3.05) is 6.98 Å². The summed E-state index contributed by atoms with van der Waals surface area (Å²) in [6, 6.07) is 7.01. The maximum absolute atomic E-state index is 13.6. The number of rotatable bonds is 4. The third kappa shape index (κ3) is 3.57. The van der Waals surface area contributed by atoms with Crippen LogP contribution < -0.4 is 10.5 Å². The summed E-state index contributed by atoms with van der Waals surface area (Å²) in [7, 11) is 0. The minimum absolute atomic E-state index is 0.00782. The Morgan fingerprint density at radius 3 is 2.75 bits per heavy atom. The molecule has 11 heteroatoms. The van der Waals surface area contributed by atoms with E-state index in [1.54, 1.807) is 23.8 Å². The van der Waals surface area contributed by atoms with Crippen LogP contribution in [0.3, 0.4) is 0 Å². The molecule has 1 fully saturated rings. The molecular weight excluding hydrogens is 518 g/mol. The number of carbonyl (C=O) groups excluding carboxylic acids is 1. The molecule has 0 spiro atoms. The van der Waals surface area contributed by atoms with Crippen molar-refractivity contribution in [1.29, 1.82) is 0 Å². The molecule has 7 rings (SSSR count). The van der Waals surface area contributed by atoms with Gasteiger partial charge in [-0.15, -0.1) is 0 Å². The van der Waals surface area contributed by atoms with E-state index in [0.717, 1.165) is 16.0 Å². The number of benzene rings is 1. The van der Waals surface area contributed by atoms with Crippen LogP contribution in [-0.4, -0.2) is 54.7 Å². The zero-order chi connectivity index (χ0) is 30.6. The van der Waals surface area contributed by atoms with Gasteiger partial charge in [-0.25, -0.2) is 14.5 Å². The number of amides is 1. The minimum atomic E-state index is -3.14. The molecule has 3 N–H and O–H groups in total. The van der Waals surface area contributed by atoms with Gasteiger partial charge in [-0.3, -0.25) is 4.79 Å². The molecule has 1 saturated carbocycles. The van der Waals surface area contributed by atoms with E-state index >= 15 is 0 Å². The Balaban J connectivity index is 1.38. The molecule has 0 radical (unpaired) electrons. The summed E-state index contributed by atoms with van der Waals surface area (Å²) >= 11 is 0. The number of pyridine rings is 1. The molecule has 1 aromatic carbocycles. The Hall–Kier alpha value is -3.96. The van der Waals surface area contributed by atoms with Gasteiger partial charge in [0.25, 0.3) is 5.91 Å². The van der Waals surface area contributed by atoms with Crippen molar-refractivity contribution in [3.05, 3.63) is 76.6 Å². The Kier molecular flexibility index (Phi) is 4.51. The first-order valence-corrected chi connectivity index (χ1v) is 13.0. The smallest absolute Gasteiger partial charge is 0.387 e. The standard InChI is InChI=1S/C29H28F2N6O3/c1-14-18(11-33-26(34-14)29(32)12-28(2,39)13-29)15-7-8-37-19(9-15)23-17-10-20(24(23)35-37)36(3)25(38)16-5-4-6-21(22(16)17)40-27(30)31/h4-9,11,17,20,27,39H,10,12-13,32H2,1-3H3/t17-,20-,28?,29?/m1/s1/i3D3. The van der Waals surface area contributed by atoms with Gasteiger partial charge >= 0.3 is 6.61 Å². The fourth-order valence-electron chi connectivity index (χ4n) is 6.81. The Morgan fingerprint density at radius 2 is 2.05 bits per heavy atom. The number of ether oxygens (including phenoxy) is 1. The molecule has 2 aliphatic carbocycles. The van der Waals surface area contributed by atoms with Crippen LogP contribution in [0.1, 0.15) is 81.0 Å². The van der Waals surface area contributed by atoms with Gasteiger partial charge in [0, 0.05) is 70.2 Å². The first kappa shape index (κ1) is 21.8. The zero-order valence-electron chi connectivity index (χ0n) is 24.7. The maximum atomic E-state index is 13.6. The second kappa shape index (κ2) is 8.28. The molecule has 1 amide bonds. The second-order valence-corrected chi connectivity index (χ2v) is 11.3. The first-order valence-electron chi connectivity index (χ1n) is 14.5. The normalized spacial score (nSPS) is 28.4. The summed E-state index contributed by atoms with van der Waals surface area (Å²) in [4.78, 5) is 23.6. The molecule has 0 saturated heterocycles. The number of nitrogens with two attached hydrogens (primary N) is 1. The molecule has 3 aliphatic rings. The van der Waals surface area contributed by atoms with Crippen LogP contribution in [0, 0.1) is 6.92 Å². The topological polar surface area (TPSA) is 119 Å². The van der Waals surface area contributed by atoms with E-state index in [1.807, 2.05) is 19.1 Å². The van der Waals surface area contributed by atoms with E-state index in [4.69, 9.17) is 14.6 Å². The number of alkyl halides is 2. The van der Waals surface area contributed by atoms with Crippen LogP contribution in [0.25, 0.3) is 16.6 Å². The quantitative estimate of drug-likeness (QED) is 0.394. The predicted molar refractivity (Wildman–Crippen MR) is 141 cm³/mol. The summed E-state index contributed by atoms with van der Waals surface area (Å²) in [6.07, 6.45) is 4.26. The van der Waals surface area contributed by atoms with Crippen molar-refractivity contribution >= 4 is 11.4 Å². The van der Waals surface area contributed by atoms with Gasteiger partial charge in [0.05, 0.1) is 28.4 Å². The molecule has 2 bridgehead atoms. The number of nitrogens with zero attached hydrogens (tertiary/aromatic N) is 5. The summed E-state index contributed by atoms with van der Waals surface area (Å²) < 4.78 is 57.9. The highest BCUT2D eigenvalue weighted by Gasteiger charge is 2.51. The lowest BCUT2D eigenvalue weighted by atomic mass is 9.66. The number of aryl methyl sites for hydroxylation is 1. The summed E-state index contributed by atoms with van der Waals surface area (Å²) in [6.45, 7) is -2.38. The van der Waals surface area contributed by atoms with Crippen molar-refractivity contribution in [2.24, 2.45) is 5.73 Å². The first-order chi connectivity index (χ1) is 20.2. The number of hydrogen-bond acceptors (Lipinski definition) is 7. The molecular formula is C29H28F2N6O3. The highest BCUT2D eigenvalue weighted by atomic mass is 19.3. The van der Waals surface area contributed by atoms with Gasteiger partial charge in [0.15, 0.2) is 0 Å². The molecule has 4 heterocycles. The van der Waals surface area contributed by atoms with E-state index in [9.17, 15) is 18.7 Å². The maximum Gasteiger partial charge on any atom is 0.387 e. The van der Waals surface area contributed by atoms with E-state index in [0.29, 0.717) is 41.1 Å². The number of aromatic nitrogens is 4. The zero-order valence-corrected chi connectivity index (χ0v) is 21.7. The van der Waals surface area contributed by atoms with Gasteiger partial charge in [0.2, 0.25) is 0 Å². The lowest BCUT2D eigenvalue weighted by Crippen LogP contribution is -2.59. The highest BCUT2D eigenvalue weighted by molar-refractivity contribution is 5.98. The SMILES string of the molecule is [2H]C([2H])([2H])N1C(=O)c2cccc(OC(F)F)c2[C@H]2C[C@@H]1c1nn3ccc(-c4cnc(C5(N)CC(C)(O)C5)nc4C)cc3c12. The van der Waals surface area contributed by atoms with Crippen LogP contribution in [0.5, 0.6) is 5.75 Å². The minimum Gasteiger partial charge on any atom is -0.434 e. The van der Waals surface area contributed by atoms with Crippen molar-refractivity contribution < 1.29 is 27.5 Å². The Labute approximate surface area is 232 Å². The van der Waals surface area contributed by atoms with Crippen LogP contribution in [0.2, 0.25) is 0 Å². The Bertz CT molecular complexity index is 1820. The predicted octanol–water partition coefficient (Wildman–Crippen LogP) is 4.06. The summed E-state index contributed by atoms with van der Waals surface area (Å²) in [5, 5.41) is 14.9. The van der Waals surface area contributed by atoms with Gasteiger partial charge in [-0.05, 0) is 50.1 Å². The molecule has 0 unspecified atom stereocenters. The Morgan fingerprint density at radius 1 is 1.25 bits per heavy atom. The van der Waals surface area contributed by atoms with E-state index in [2.05, 4.69) is 15.1 Å². The fourth-order valence-corrected chi connectivity index (χ4v) is 6.81. The summed E-state index contributed by atoms with van der Waals surface area (Å²) in [5.41, 5.74) is 8.86. The fraction of sp³-hybridized carbons (Fsp3) is 0.379. The molecule has 2 atom stereocenters. The van der Waals surface area contributed by atoms with Crippen molar-refractivity contribution in [1.82, 2.24) is 24.5 Å². The number of hydrogen-bond donors (Lipinski definition) is 2. The van der Waals surface area contributed by atoms with Crippen LogP contribution in [0.4, 0.5) is 8.78 Å². The third-order valence-electron chi connectivity index (χ3n) is 8.34. The monoisotopic (exact) mass is 549 g/mol. The average Bonchev–Trinajstić information content (AvgIpc) is 3.39. The van der Waals surface area contributed by atoms with Gasteiger partial charge < -0.3 is 20.5 Å². The lowest BCUT2D eigenvalue weighted by Gasteiger charge is -2.48. The third-order valence-corrected chi connectivity index (χ3v) is 8.34. The molecule has 40 heavy (non-hydrogen) atoms. The van der Waals surface area contributed by atoms with E-state index in [1.165, 1.54) is 18.2 Å². The van der Waals surface area contributed by atoms with E-state index in [-0.39, 0.29) is 23.3 Å². The number of fused-ring (bicyclic) bond motifs is 9. The molecule has 9 nitrogen and oxygen atoms in total. The molecule has 3 aromatic heterocycles. The molecule has 4 aromatic rings. The number of aliphatic hydroxyl groups is 1. The van der Waals surface area contributed by atoms with Crippen LogP contribution in [0.15, 0.2) is 42.7 Å². The highest BCUT2D eigenvalue weighted by Crippen LogP contribution is 2.53. The van der Waals surface area contributed by atoms with Crippen molar-refractivity contribution in [3.63, 3.8) is 0 Å².